The molecule has 78 valence electrons. The molecular weight excluding hydrogens is 194 g/mol. The second-order valence-corrected chi connectivity index (χ2v) is 3.75. The van der Waals surface area contributed by atoms with Crippen molar-refractivity contribution in [3.05, 3.63) is 47.0 Å². The maximum absolute atomic E-state index is 13.5. The fourth-order valence-electron chi connectivity index (χ4n) is 1.73. The zero-order chi connectivity index (χ0) is 11.0. The summed E-state index contributed by atoms with van der Waals surface area (Å²) in [5.74, 6) is -0.452. The normalized spacial score (nSPS) is 10.9. The number of aryl methyl sites for hydroxylation is 2. The summed E-state index contributed by atoms with van der Waals surface area (Å²) in [7, 11) is 0. The lowest BCUT2D eigenvalue weighted by atomic mass is 10.0. The number of hydrogen-bond acceptors (Lipinski definition) is 0. The van der Waals surface area contributed by atoms with Gasteiger partial charge in [-0.1, -0.05) is 6.92 Å². The molecule has 2 heteroatoms. The van der Waals surface area contributed by atoms with E-state index < -0.39 is 0 Å². The van der Waals surface area contributed by atoms with E-state index >= 15 is 0 Å². The molecule has 0 bridgehead atoms. The standard InChI is InChI=1S/C13H12F2/c1-3-9-5-11-6-12(14)8(2)4-10(11)7-13(9)15/h4-7H,3H2,1-2H3. The minimum absolute atomic E-state index is 0.212. The zero-order valence-electron chi connectivity index (χ0n) is 8.77. The summed E-state index contributed by atoms with van der Waals surface area (Å²) in [5, 5.41) is 1.51. The molecule has 0 amide bonds. The first-order valence-electron chi connectivity index (χ1n) is 5.00. The Kier molecular flexibility index (Phi) is 2.43. The topological polar surface area (TPSA) is 0 Å². The van der Waals surface area contributed by atoms with Gasteiger partial charge in [0, 0.05) is 0 Å². The van der Waals surface area contributed by atoms with Crippen LogP contribution in [0.25, 0.3) is 10.8 Å². The SMILES string of the molecule is CCc1cc2cc(F)c(C)cc2cc1F. The second kappa shape index (κ2) is 3.61. The Morgan fingerprint density at radius 3 is 2.20 bits per heavy atom. The quantitative estimate of drug-likeness (QED) is 0.661. The molecule has 0 unspecified atom stereocenters. The predicted molar refractivity (Wildman–Crippen MR) is 58.0 cm³/mol. The highest BCUT2D eigenvalue weighted by Crippen LogP contribution is 2.22. The molecule has 0 radical (unpaired) electrons. The summed E-state index contributed by atoms with van der Waals surface area (Å²) in [6, 6.07) is 6.32. The molecule has 2 aromatic carbocycles. The van der Waals surface area contributed by atoms with E-state index in [0.717, 1.165) is 10.8 Å². The summed E-state index contributed by atoms with van der Waals surface area (Å²) in [6.45, 7) is 3.56. The Hall–Kier alpha value is -1.44. The van der Waals surface area contributed by atoms with Crippen LogP contribution < -0.4 is 0 Å². The van der Waals surface area contributed by atoms with Gasteiger partial charge in [-0.3, -0.25) is 0 Å². The van der Waals surface area contributed by atoms with Crippen LogP contribution in [0.1, 0.15) is 18.1 Å². The van der Waals surface area contributed by atoms with Gasteiger partial charge in [0.2, 0.25) is 0 Å². The molecule has 0 saturated carbocycles. The third-order valence-corrected chi connectivity index (χ3v) is 2.66. The van der Waals surface area contributed by atoms with Crippen LogP contribution in [0.2, 0.25) is 0 Å². The molecule has 0 aromatic heterocycles. The van der Waals surface area contributed by atoms with Gasteiger partial charge in [0.25, 0.3) is 0 Å². The van der Waals surface area contributed by atoms with Gasteiger partial charge < -0.3 is 0 Å². The summed E-state index contributed by atoms with van der Waals surface area (Å²) in [6.07, 6.45) is 0.622. The van der Waals surface area contributed by atoms with Gasteiger partial charge >= 0.3 is 0 Å². The van der Waals surface area contributed by atoms with Gasteiger partial charge in [-0.25, -0.2) is 8.78 Å². The van der Waals surface area contributed by atoms with Crippen molar-refractivity contribution in [3.8, 4) is 0 Å². The highest BCUT2D eigenvalue weighted by atomic mass is 19.1. The molecule has 0 heterocycles. The van der Waals surface area contributed by atoms with E-state index in [0.29, 0.717) is 17.5 Å². The molecule has 0 atom stereocenters. The highest BCUT2D eigenvalue weighted by Gasteiger charge is 2.05. The molecule has 0 saturated heterocycles. The fourth-order valence-corrected chi connectivity index (χ4v) is 1.73. The van der Waals surface area contributed by atoms with E-state index in [-0.39, 0.29) is 11.6 Å². The van der Waals surface area contributed by atoms with Gasteiger partial charge in [-0.15, -0.1) is 0 Å². The van der Waals surface area contributed by atoms with Gasteiger partial charge in [0.15, 0.2) is 0 Å². The van der Waals surface area contributed by atoms with Gasteiger partial charge in [0.05, 0.1) is 0 Å². The summed E-state index contributed by atoms with van der Waals surface area (Å²) < 4.78 is 26.7. The smallest absolute Gasteiger partial charge is 0.127 e. The van der Waals surface area contributed by atoms with E-state index in [1.54, 1.807) is 19.1 Å². The predicted octanol–water partition coefficient (Wildman–Crippen LogP) is 3.99. The lowest BCUT2D eigenvalue weighted by Crippen LogP contribution is -1.90. The number of hydrogen-bond donors (Lipinski definition) is 0. The van der Waals surface area contributed by atoms with Crippen LogP contribution in [0.4, 0.5) is 8.78 Å². The van der Waals surface area contributed by atoms with E-state index in [2.05, 4.69) is 0 Å². The van der Waals surface area contributed by atoms with Crippen LogP contribution in [-0.2, 0) is 6.42 Å². The first kappa shape index (κ1) is 10.1. The van der Waals surface area contributed by atoms with Crippen molar-refractivity contribution in [2.24, 2.45) is 0 Å². The number of fused-ring (bicyclic) bond motifs is 1. The van der Waals surface area contributed by atoms with Crippen LogP contribution in [0.15, 0.2) is 24.3 Å². The van der Waals surface area contributed by atoms with E-state index in [1.807, 2.05) is 6.92 Å². The van der Waals surface area contributed by atoms with Crippen LogP contribution in [0.3, 0.4) is 0 Å². The number of benzene rings is 2. The zero-order valence-corrected chi connectivity index (χ0v) is 8.77. The Morgan fingerprint density at radius 1 is 0.933 bits per heavy atom. The molecule has 2 rings (SSSR count). The van der Waals surface area contributed by atoms with E-state index in [9.17, 15) is 8.78 Å². The largest absolute Gasteiger partial charge is 0.207 e. The first-order valence-corrected chi connectivity index (χ1v) is 5.00. The highest BCUT2D eigenvalue weighted by molar-refractivity contribution is 5.84. The van der Waals surface area contributed by atoms with Gasteiger partial charge in [0.1, 0.15) is 11.6 Å². The Bertz CT molecular complexity index is 515. The van der Waals surface area contributed by atoms with E-state index in [4.69, 9.17) is 0 Å². The van der Waals surface area contributed by atoms with Crippen molar-refractivity contribution in [1.82, 2.24) is 0 Å². The lowest BCUT2D eigenvalue weighted by Gasteiger charge is -2.05. The number of rotatable bonds is 1. The summed E-state index contributed by atoms with van der Waals surface area (Å²) >= 11 is 0. The molecule has 0 aliphatic carbocycles. The van der Waals surface area contributed by atoms with Crippen molar-refractivity contribution in [2.75, 3.05) is 0 Å². The average Bonchev–Trinajstić information content (AvgIpc) is 2.20. The lowest BCUT2D eigenvalue weighted by molar-refractivity contribution is 0.612. The average molecular weight is 206 g/mol. The van der Waals surface area contributed by atoms with Crippen LogP contribution in [0.5, 0.6) is 0 Å². The van der Waals surface area contributed by atoms with Gasteiger partial charge in [-0.05, 0) is 59.5 Å². The summed E-state index contributed by atoms with van der Waals surface area (Å²) in [4.78, 5) is 0. The summed E-state index contributed by atoms with van der Waals surface area (Å²) in [5.41, 5.74) is 1.18. The molecule has 0 N–H and O–H groups in total. The van der Waals surface area contributed by atoms with E-state index in [1.165, 1.54) is 12.1 Å². The van der Waals surface area contributed by atoms with Crippen LogP contribution >= 0.6 is 0 Å². The van der Waals surface area contributed by atoms with Crippen molar-refractivity contribution < 1.29 is 8.78 Å². The first-order chi connectivity index (χ1) is 7.11. The maximum atomic E-state index is 13.5. The molecule has 0 nitrogen and oxygen atoms in total. The minimum atomic E-state index is -0.240. The Morgan fingerprint density at radius 2 is 1.53 bits per heavy atom. The fraction of sp³-hybridized carbons (Fsp3) is 0.231. The van der Waals surface area contributed by atoms with Crippen molar-refractivity contribution >= 4 is 10.8 Å². The van der Waals surface area contributed by atoms with Crippen molar-refractivity contribution in [3.63, 3.8) is 0 Å². The van der Waals surface area contributed by atoms with Crippen LogP contribution in [0, 0.1) is 18.6 Å². The minimum Gasteiger partial charge on any atom is -0.207 e. The van der Waals surface area contributed by atoms with Crippen molar-refractivity contribution in [2.45, 2.75) is 20.3 Å². The van der Waals surface area contributed by atoms with Crippen LogP contribution in [-0.4, -0.2) is 0 Å². The molecule has 0 aliphatic heterocycles. The third kappa shape index (κ3) is 1.72. The maximum Gasteiger partial charge on any atom is 0.127 e. The van der Waals surface area contributed by atoms with Crippen molar-refractivity contribution in [1.29, 1.82) is 0 Å². The molecule has 0 aliphatic rings. The monoisotopic (exact) mass is 206 g/mol. The molecular formula is C13H12F2. The second-order valence-electron chi connectivity index (χ2n) is 3.75. The molecule has 0 fully saturated rings. The molecule has 2 aromatic rings. The van der Waals surface area contributed by atoms with Gasteiger partial charge in [-0.2, -0.15) is 0 Å². The number of halogens is 2. The Labute approximate surface area is 87.5 Å². The molecule has 15 heavy (non-hydrogen) atoms. The third-order valence-electron chi connectivity index (χ3n) is 2.66. The Balaban J connectivity index is 2.76. The molecule has 0 spiro atoms.